The van der Waals surface area contributed by atoms with Gasteiger partial charge in [0.2, 0.25) is 10.0 Å². The summed E-state index contributed by atoms with van der Waals surface area (Å²) in [5, 5.41) is 8.90. The van der Waals surface area contributed by atoms with E-state index in [1.807, 2.05) is 6.92 Å². The van der Waals surface area contributed by atoms with E-state index in [4.69, 9.17) is 9.84 Å². The molecular formula is C13H21NO4S. The number of nitrogens with one attached hydrogen (secondary N) is 1. The number of benzene rings is 1. The second-order valence-electron chi connectivity index (χ2n) is 4.17. The van der Waals surface area contributed by atoms with Crippen LogP contribution in [-0.4, -0.2) is 33.3 Å². The molecule has 0 radical (unpaired) electrons. The van der Waals surface area contributed by atoms with Crippen molar-refractivity contribution in [1.82, 2.24) is 4.72 Å². The number of rotatable bonds is 9. The molecule has 0 heterocycles. The van der Waals surface area contributed by atoms with E-state index in [9.17, 15) is 8.42 Å². The van der Waals surface area contributed by atoms with Crippen LogP contribution in [0.2, 0.25) is 0 Å². The Bertz CT molecular complexity index is 456. The highest BCUT2D eigenvalue weighted by atomic mass is 32.2. The van der Waals surface area contributed by atoms with Crippen LogP contribution in [0.1, 0.15) is 25.3 Å². The summed E-state index contributed by atoms with van der Waals surface area (Å²) >= 11 is 0. The molecule has 0 amide bonds. The smallest absolute Gasteiger partial charge is 0.240 e. The Kier molecular flexibility index (Phi) is 7.01. The third-order valence-corrected chi connectivity index (χ3v) is 4.00. The predicted octanol–water partition coefficient (Wildman–Crippen LogP) is 1.27. The molecule has 0 aromatic heterocycles. The van der Waals surface area contributed by atoms with Crippen molar-refractivity contribution >= 4 is 10.0 Å². The van der Waals surface area contributed by atoms with Gasteiger partial charge in [-0.1, -0.05) is 19.1 Å². The Morgan fingerprint density at radius 2 is 1.89 bits per heavy atom. The predicted molar refractivity (Wildman–Crippen MR) is 73.3 cm³/mol. The van der Waals surface area contributed by atoms with Gasteiger partial charge in [0.15, 0.2) is 0 Å². The van der Waals surface area contributed by atoms with E-state index in [-0.39, 0.29) is 11.5 Å². The summed E-state index contributed by atoms with van der Waals surface area (Å²) < 4.78 is 31.6. The largest absolute Gasteiger partial charge is 0.392 e. The molecular weight excluding hydrogens is 266 g/mol. The zero-order chi connectivity index (χ0) is 14.1. The van der Waals surface area contributed by atoms with Crippen LogP contribution in [0.15, 0.2) is 29.2 Å². The van der Waals surface area contributed by atoms with Crippen LogP contribution < -0.4 is 4.72 Å². The summed E-state index contributed by atoms with van der Waals surface area (Å²) in [4.78, 5) is 0.208. The van der Waals surface area contributed by atoms with Crippen LogP contribution in [0.25, 0.3) is 0 Å². The van der Waals surface area contributed by atoms with Gasteiger partial charge in [-0.25, -0.2) is 13.1 Å². The molecule has 0 unspecified atom stereocenters. The average molecular weight is 287 g/mol. The summed E-state index contributed by atoms with van der Waals surface area (Å²) in [6.45, 7) is 3.55. The Labute approximate surface area is 114 Å². The molecule has 0 saturated carbocycles. The minimum Gasteiger partial charge on any atom is -0.392 e. The zero-order valence-corrected chi connectivity index (χ0v) is 11.9. The van der Waals surface area contributed by atoms with Gasteiger partial charge in [0, 0.05) is 19.8 Å². The van der Waals surface area contributed by atoms with Crippen LogP contribution in [-0.2, 0) is 21.4 Å². The van der Waals surface area contributed by atoms with Crippen molar-refractivity contribution < 1.29 is 18.3 Å². The number of hydrogen-bond acceptors (Lipinski definition) is 4. The normalized spacial score (nSPS) is 11.7. The van der Waals surface area contributed by atoms with Crippen LogP contribution >= 0.6 is 0 Å². The van der Waals surface area contributed by atoms with Crippen LogP contribution in [0.5, 0.6) is 0 Å². The molecule has 5 nitrogen and oxygen atoms in total. The second kappa shape index (κ2) is 8.27. The maximum atomic E-state index is 11.9. The average Bonchev–Trinajstić information content (AvgIpc) is 2.43. The number of aliphatic hydroxyl groups excluding tert-OH is 1. The van der Waals surface area contributed by atoms with Crippen molar-refractivity contribution in [2.45, 2.75) is 31.3 Å². The number of aliphatic hydroxyl groups is 1. The molecule has 1 rings (SSSR count). The van der Waals surface area contributed by atoms with E-state index in [2.05, 4.69) is 4.72 Å². The standard InChI is InChI=1S/C13H21NO4S/c1-2-9-18-10-3-8-14-19(16,17)13-6-4-12(11-15)5-7-13/h4-7,14-15H,2-3,8-11H2,1H3. The summed E-state index contributed by atoms with van der Waals surface area (Å²) in [5.74, 6) is 0. The molecule has 0 atom stereocenters. The van der Waals surface area contributed by atoms with E-state index in [1.165, 1.54) is 12.1 Å². The first-order valence-corrected chi connectivity index (χ1v) is 7.85. The lowest BCUT2D eigenvalue weighted by Crippen LogP contribution is -2.25. The number of ether oxygens (including phenoxy) is 1. The van der Waals surface area contributed by atoms with E-state index in [1.54, 1.807) is 12.1 Å². The van der Waals surface area contributed by atoms with Crippen LogP contribution in [0.3, 0.4) is 0 Å². The van der Waals surface area contributed by atoms with Gasteiger partial charge in [0.05, 0.1) is 11.5 Å². The minimum absolute atomic E-state index is 0.0947. The van der Waals surface area contributed by atoms with Gasteiger partial charge in [-0.05, 0) is 30.5 Å². The maximum absolute atomic E-state index is 11.9. The first-order valence-electron chi connectivity index (χ1n) is 6.37. The molecule has 0 aliphatic heterocycles. The van der Waals surface area contributed by atoms with E-state index in [0.29, 0.717) is 31.7 Å². The molecule has 0 bridgehead atoms. The molecule has 0 saturated heterocycles. The summed E-state index contributed by atoms with van der Waals surface area (Å²) in [7, 11) is -3.47. The van der Waals surface area contributed by atoms with Gasteiger partial charge < -0.3 is 9.84 Å². The van der Waals surface area contributed by atoms with Gasteiger partial charge in [-0.15, -0.1) is 0 Å². The SMILES string of the molecule is CCCOCCCNS(=O)(=O)c1ccc(CO)cc1. The Balaban J connectivity index is 2.42. The van der Waals surface area contributed by atoms with Crippen molar-refractivity contribution in [2.75, 3.05) is 19.8 Å². The van der Waals surface area contributed by atoms with Gasteiger partial charge in [0.1, 0.15) is 0 Å². The zero-order valence-electron chi connectivity index (χ0n) is 11.1. The second-order valence-corrected chi connectivity index (χ2v) is 5.93. The quantitative estimate of drug-likeness (QED) is 0.671. The fraction of sp³-hybridized carbons (Fsp3) is 0.538. The van der Waals surface area contributed by atoms with Gasteiger partial charge in [0.25, 0.3) is 0 Å². The Morgan fingerprint density at radius 3 is 2.47 bits per heavy atom. The first kappa shape index (κ1) is 16.1. The van der Waals surface area contributed by atoms with Crippen LogP contribution in [0.4, 0.5) is 0 Å². The van der Waals surface area contributed by atoms with Crippen molar-refractivity contribution in [2.24, 2.45) is 0 Å². The van der Waals surface area contributed by atoms with Crippen molar-refractivity contribution in [3.63, 3.8) is 0 Å². The van der Waals surface area contributed by atoms with Gasteiger partial charge in [-0.2, -0.15) is 0 Å². The molecule has 1 aromatic carbocycles. The molecule has 0 spiro atoms. The lowest BCUT2D eigenvalue weighted by molar-refractivity contribution is 0.133. The highest BCUT2D eigenvalue weighted by molar-refractivity contribution is 7.89. The van der Waals surface area contributed by atoms with Crippen molar-refractivity contribution in [3.05, 3.63) is 29.8 Å². The highest BCUT2D eigenvalue weighted by Crippen LogP contribution is 2.10. The first-order chi connectivity index (χ1) is 9.10. The number of sulfonamides is 1. The monoisotopic (exact) mass is 287 g/mol. The third-order valence-electron chi connectivity index (χ3n) is 2.52. The van der Waals surface area contributed by atoms with Crippen molar-refractivity contribution in [3.8, 4) is 0 Å². The topological polar surface area (TPSA) is 75.6 Å². The Hall–Kier alpha value is -0.950. The molecule has 0 fully saturated rings. The van der Waals surface area contributed by atoms with E-state index in [0.717, 1.165) is 6.42 Å². The fourth-order valence-electron chi connectivity index (χ4n) is 1.48. The molecule has 19 heavy (non-hydrogen) atoms. The summed E-state index contributed by atoms with van der Waals surface area (Å²) in [6, 6.07) is 6.17. The molecule has 0 aliphatic rings. The molecule has 2 N–H and O–H groups in total. The van der Waals surface area contributed by atoms with Crippen molar-refractivity contribution in [1.29, 1.82) is 0 Å². The third kappa shape index (κ3) is 5.69. The number of hydrogen-bond donors (Lipinski definition) is 2. The fourth-order valence-corrected chi connectivity index (χ4v) is 2.56. The molecule has 0 aliphatic carbocycles. The minimum atomic E-state index is -3.47. The van der Waals surface area contributed by atoms with E-state index >= 15 is 0 Å². The molecule has 6 heteroatoms. The maximum Gasteiger partial charge on any atom is 0.240 e. The van der Waals surface area contributed by atoms with Gasteiger partial charge >= 0.3 is 0 Å². The van der Waals surface area contributed by atoms with Crippen LogP contribution in [0, 0.1) is 0 Å². The lowest BCUT2D eigenvalue weighted by atomic mass is 10.2. The lowest BCUT2D eigenvalue weighted by Gasteiger charge is -2.07. The highest BCUT2D eigenvalue weighted by Gasteiger charge is 2.12. The Morgan fingerprint density at radius 1 is 1.21 bits per heavy atom. The summed E-state index contributed by atoms with van der Waals surface area (Å²) in [5.41, 5.74) is 0.687. The summed E-state index contributed by atoms with van der Waals surface area (Å²) in [6.07, 6.45) is 1.61. The van der Waals surface area contributed by atoms with E-state index < -0.39 is 10.0 Å². The molecule has 1 aromatic rings. The van der Waals surface area contributed by atoms with Gasteiger partial charge in [-0.3, -0.25) is 0 Å². The molecule has 108 valence electrons.